The van der Waals surface area contributed by atoms with Crippen molar-refractivity contribution in [3.63, 3.8) is 0 Å². The molecule has 0 radical (unpaired) electrons. The van der Waals surface area contributed by atoms with E-state index in [1.165, 1.54) is 16.0 Å². The molecule has 0 amide bonds. The number of benzene rings is 2. The van der Waals surface area contributed by atoms with Crippen LogP contribution in [-0.4, -0.2) is 5.78 Å². The molecule has 4 nitrogen and oxygen atoms in total. The molecule has 6 heteroatoms. The molecular formula is C27H27BrN2O2S. The molecule has 0 spiro atoms. The molecular weight excluding hydrogens is 496 g/mol. The van der Waals surface area contributed by atoms with Crippen LogP contribution < -0.4 is 5.73 Å². The molecule has 2 aromatic rings. The van der Waals surface area contributed by atoms with Gasteiger partial charge in [-0.15, -0.1) is 11.8 Å². The predicted molar refractivity (Wildman–Crippen MR) is 135 cm³/mol. The maximum Gasteiger partial charge on any atom is 0.205 e. The summed E-state index contributed by atoms with van der Waals surface area (Å²) in [6.07, 6.45) is 1.06. The number of carbonyl (C=O) groups excluding carboxylic acids is 1. The van der Waals surface area contributed by atoms with Gasteiger partial charge in [0.15, 0.2) is 5.78 Å². The van der Waals surface area contributed by atoms with Crippen molar-refractivity contribution in [1.29, 1.82) is 5.26 Å². The normalized spacial score (nSPS) is 19.8. The number of hydrogen-bond acceptors (Lipinski definition) is 5. The molecule has 2 aromatic carbocycles. The van der Waals surface area contributed by atoms with Crippen molar-refractivity contribution in [1.82, 2.24) is 0 Å². The van der Waals surface area contributed by atoms with Crippen LogP contribution in [0.3, 0.4) is 0 Å². The Balaban J connectivity index is 1.77. The van der Waals surface area contributed by atoms with E-state index in [-0.39, 0.29) is 17.1 Å². The highest BCUT2D eigenvalue weighted by Crippen LogP contribution is 2.48. The van der Waals surface area contributed by atoms with E-state index in [2.05, 4.69) is 67.0 Å². The number of carbonyl (C=O) groups is 1. The second-order valence-corrected chi connectivity index (χ2v) is 11.5. The fourth-order valence-corrected chi connectivity index (χ4v) is 5.90. The molecule has 0 saturated carbocycles. The van der Waals surface area contributed by atoms with Crippen molar-refractivity contribution in [2.45, 2.75) is 57.1 Å². The minimum atomic E-state index is -0.487. The van der Waals surface area contributed by atoms with Crippen LogP contribution in [0.2, 0.25) is 0 Å². The monoisotopic (exact) mass is 522 g/mol. The molecule has 2 aliphatic rings. The summed E-state index contributed by atoms with van der Waals surface area (Å²) in [5, 5.41) is 9.95. The van der Waals surface area contributed by atoms with Crippen molar-refractivity contribution < 1.29 is 9.53 Å². The molecule has 0 aromatic heterocycles. The van der Waals surface area contributed by atoms with Crippen molar-refractivity contribution in [2.75, 3.05) is 0 Å². The molecule has 4 rings (SSSR count). The number of ether oxygens (including phenoxy) is 1. The van der Waals surface area contributed by atoms with E-state index in [1.807, 2.05) is 19.1 Å². The summed E-state index contributed by atoms with van der Waals surface area (Å²) < 4.78 is 6.90. The number of thioether (sulfide) groups is 1. The molecule has 0 bridgehead atoms. The first-order valence-corrected chi connectivity index (χ1v) is 12.7. The first-order valence-electron chi connectivity index (χ1n) is 10.9. The summed E-state index contributed by atoms with van der Waals surface area (Å²) >= 11 is 5.24. The number of nitrogens with two attached hydrogens (primary N) is 1. The maximum atomic E-state index is 13.3. The molecule has 33 heavy (non-hydrogen) atoms. The fraction of sp³-hybridized carbons (Fsp3) is 0.333. The molecule has 2 N–H and O–H groups in total. The lowest BCUT2D eigenvalue weighted by molar-refractivity contribution is -0.119. The number of nitrogens with zero attached hydrogens (tertiary/aromatic N) is 1. The average Bonchev–Trinajstić information content (AvgIpc) is 2.72. The minimum Gasteiger partial charge on any atom is -0.444 e. The molecule has 1 heterocycles. The van der Waals surface area contributed by atoms with Gasteiger partial charge >= 0.3 is 0 Å². The van der Waals surface area contributed by atoms with Crippen LogP contribution in [0.25, 0.3) is 0 Å². The standard InChI is InChI=1S/C27H27BrN2O2S/c1-15-9-16(2)20(10-17(15)14-33-19-7-5-18(28)6-8-19)24-21(13-29)26(30)32-23-12-27(3,4)11-22(31)25(23)24/h5-10,24H,11-12,14,30H2,1-4H3. The zero-order valence-electron chi connectivity index (χ0n) is 19.3. The Morgan fingerprint density at radius 2 is 1.88 bits per heavy atom. The van der Waals surface area contributed by atoms with E-state index in [4.69, 9.17) is 10.5 Å². The Morgan fingerprint density at radius 1 is 1.18 bits per heavy atom. The van der Waals surface area contributed by atoms with Gasteiger partial charge in [-0.2, -0.15) is 5.26 Å². The Hall–Kier alpha value is -2.49. The van der Waals surface area contributed by atoms with Crippen molar-refractivity contribution >= 4 is 33.5 Å². The second kappa shape index (κ2) is 9.04. The molecule has 170 valence electrons. The Morgan fingerprint density at radius 3 is 2.55 bits per heavy atom. The molecule has 0 fully saturated rings. The number of hydrogen-bond donors (Lipinski definition) is 1. The van der Waals surface area contributed by atoms with Gasteiger partial charge in [-0.3, -0.25) is 4.79 Å². The van der Waals surface area contributed by atoms with Gasteiger partial charge in [-0.1, -0.05) is 41.9 Å². The lowest BCUT2D eigenvalue weighted by Crippen LogP contribution is -2.33. The van der Waals surface area contributed by atoms with Gasteiger partial charge in [0.05, 0.1) is 5.92 Å². The van der Waals surface area contributed by atoms with Crippen LogP contribution in [0.1, 0.15) is 54.9 Å². The van der Waals surface area contributed by atoms with E-state index in [1.54, 1.807) is 11.8 Å². The Bertz CT molecular complexity index is 1240. The third-order valence-electron chi connectivity index (χ3n) is 6.32. The van der Waals surface area contributed by atoms with Crippen LogP contribution in [0.15, 0.2) is 68.6 Å². The van der Waals surface area contributed by atoms with Crippen molar-refractivity contribution in [3.8, 4) is 6.07 Å². The molecule has 1 aliphatic heterocycles. The zero-order chi connectivity index (χ0) is 23.9. The first kappa shape index (κ1) is 23.7. The van der Waals surface area contributed by atoms with Gasteiger partial charge in [-0.05, 0) is 65.8 Å². The van der Waals surface area contributed by atoms with E-state index >= 15 is 0 Å². The highest BCUT2D eigenvalue weighted by atomic mass is 79.9. The fourth-order valence-electron chi connectivity index (χ4n) is 4.67. The maximum absolute atomic E-state index is 13.3. The van der Waals surface area contributed by atoms with Crippen LogP contribution in [0.4, 0.5) is 0 Å². The molecule has 0 saturated heterocycles. The molecule has 1 atom stereocenters. The summed E-state index contributed by atoms with van der Waals surface area (Å²) in [5.41, 5.74) is 11.3. The minimum absolute atomic E-state index is 0.0391. The van der Waals surface area contributed by atoms with Gasteiger partial charge in [-0.25, -0.2) is 0 Å². The van der Waals surface area contributed by atoms with Crippen LogP contribution in [-0.2, 0) is 15.3 Å². The second-order valence-electron chi connectivity index (χ2n) is 9.58. The average molecular weight is 523 g/mol. The van der Waals surface area contributed by atoms with Crippen molar-refractivity contribution in [3.05, 3.63) is 85.9 Å². The first-order chi connectivity index (χ1) is 15.6. The lowest BCUT2D eigenvalue weighted by Gasteiger charge is -2.37. The number of ketones is 1. The number of Topliss-reactive ketones (excluding diaryl/α,β-unsaturated/α-hetero) is 1. The summed E-state index contributed by atoms with van der Waals surface area (Å²) in [7, 11) is 0. The number of nitriles is 1. The highest BCUT2D eigenvalue weighted by Gasteiger charge is 2.43. The molecule has 1 aliphatic carbocycles. The zero-order valence-corrected chi connectivity index (χ0v) is 21.7. The van der Waals surface area contributed by atoms with Gasteiger partial charge in [0, 0.05) is 33.5 Å². The van der Waals surface area contributed by atoms with E-state index < -0.39 is 5.92 Å². The van der Waals surface area contributed by atoms with Gasteiger partial charge in [0.25, 0.3) is 0 Å². The summed E-state index contributed by atoms with van der Waals surface area (Å²) in [6.45, 7) is 8.25. The van der Waals surface area contributed by atoms with Crippen LogP contribution in [0.5, 0.6) is 0 Å². The molecule has 1 unspecified atom stereocenters. The van der Waals surface area contributed by atoms with Crippen molar-refractivity contribution in [2.24, 2.45) is 11.1 Å². The van der Waals surface area contributed by atoms with Gasteiger partial charge in [0.2, 0.25) is 5.88 Å². The van der Waals surface area contributed by atoms with Gasteiger partial charge in [0.1, 0.15) is 17.4 Å². The van der Waals surface area contributed by atoms with Crippen LogP contribution in [0, 0.1) is 30.6 Å². The summed E-state index contributed by atoms with van der Waals surface area (Å²) in [6, 6.07) is 14.8. The summed E-state index contributed by atoms with van der Waals surface area (Å²) in [5.74, 6) is 1.07. The van der Waals surface area contributed by atoms with E-state index in [0.717, 1.165) is 21.4 Å². The number of halogens is 1. The third-order valence-corrected chi connectivity index (χ3v) is 7.91. The van der Waals surface area contributed by atoms with Crippen LogP contribution >= 0.6 is 27.7 Å². The number of rotatable bonds is 4. The Kier molecular flexibility index (Phi) is 6.48. The largest absolute Gasteiger partial charge is 0.444 e. The van der Waals surface area contributed by atoms with E-state index in [9.17, 15) is 10.1 Å². The SMILES string of the molecule is Cc1cc(C)c(C2C(C#N)=C(N)OC3=C2C(=O)CC(C)(C)C3)cc1CSc1ccc(Br)cc1. The number of aryl methyl sites for hydroxylation is 2. The lowest BCUT2D eigenvalue weighted by atomic mass is 9.69. The number of allylic oxidation sites excluding steroid dienone is 3. The predicted octanol–water partition coefficient (Wildman–Crippen LogP) is 6.81. The highest BCUT2D eigenvalue weighted by molar-refractivity contribution is 9.10. The summed E-state index contributed by atoms with van der Waals surface area (Å²) in [4.78, 5) is 14.5. The Labute approximate surface area is 208 Å². The van der Waals surface area contributed by atoms with Gasteiger partial charge < -0.3 is 10.5 Å². The van der Waals surface area contributed by atoms with E-state index in [0.29, 0.717) is 29.7 Å². The third kappa shape index (κ3) is 4.76. The smallest absolute Gasteiger partial charge is 0.205 e. The quantitative estimate of drug-likeness (QED) is 0.446. The topological polar surface area (TPSA) is 76.1 Å².